The minimum absolute atomic E-state index is 0.456. The minimum atomic E-state index is -0.604. The molecule has 2 heterocycles. The molecule has 2 aliphatic heterocycles. The van der Waals surface area contributed by atoms with Gasteiger partial charge in [-0.05, 0) is 12.1 Å². The molecular weight excluding hydrogens is 298 g/mol. The molecule has 2 amide bonds. The van der Waals surface area contributed by atoms with Gasteiger partial charge in [-0.25, -0.2) is 0 Å². The lowest BCUT2D eigenvalue weighted by Crippen LogP contribution is -2.46. The van der Waals surface area contributed by atoms with Crippen molar-refractivity contribution in [1.82, 2.24) is 4.90 Å². The fraction of sp³-hybridized carbons (Fsp3) is 0.500. The topological polar surface area (TPSA) is 71.1 Å². The Kier molecular flexibility index (Phi) is 5.09. The van der Waals surface area contributed by atoms with Gasteiger partial charge in [-0.1, -0.05) is 12.1 Å². The highest BCUT2D eigenvalue weighted by atomic mass is 16.5. The number of nitrogens with zero attached hydrogens (tertiary/aromatic N) is 2. The lowest BCUT2D eigenvalue weighted by molar-refractivity contribution is -0.145. The number of rotatable bonds is 2. The third-order valence-corrected chi connectivity index (χ3v) is 4.00. The van der Waals surface area contributed by atoms with Crippen molar-refractivity contribution < 1.29 is 19.1 Å². The molecule has 124 valence electrons. The van der Waals surface area contributed by atoms with Crippen LogP contribution >= 0.6 is 0 Å². The zero-order chi connectivity index (χ0) is 16.1. The molecule has 0 aliphatic carbocycles. The molecule has 0 radical (unpaired) electrons. The van der Waals surface area contributed by atoms with Crippen molar-refractivity contribution in [2.24, 2.45) is 0 Å². The standard InChI is InChI=1S/C16H21N3O4/c20-15(16(21)19-7-11-23-12-8-19)17-13-3-1-2-4-14(13)18-5-9-22-10-6-18/h1-4H,5-12H2,(H,17,20). The second kappa shape index (κ2) is 7.43. The first-order chi connectivity index (χ1) is 11.3. The van der Waals surface area contributed by atoms with Crippen molar-refractivity contribution in [2.75, 3.05) is 62.8 Å². The maximum Gasteiger partial charge on any atom is 0.313 e. The van der Waals surface area contributed by atoms with E-state index in [1.54, 1.807) is 0 Å². The highest BCUT2D eigenvalue weighted by Crippen LogP contribution is 2.26. The Morgan fingerprint density at radius 2 is 1.52 bits per heavy atom. The first-order valence-electron chi connectivity index (χ1n) is 7.85. The number of morpholine rings is 2. The molecule has 1 aromatic carbocycles. The van der Waals surface area contributed by atoms with E-state index in [9.17, 15) is 9.59 Å². The van der Waals surface area contributed by atoms with Crippen LogP contribution in [0.1, 0.15) is 0 Å². The average Bonchev–Trinajstić information content (AvgIpc) is 2.63. The van der Waals surface area contributed by atoms with E-state index in [4.69, 9.17) is 9.47 Å². The van der Waals surface area contributed by atoms with E-state index < -0.39 is 11.8 Å². The third kappa shape index (κ3) is 3.80. The zero-order valence-electron chi connectivity index (χ0n) is 13.0. The number of ether oxygens (including phenoxy) is 2. The summed E-state index contributed by atoms with van der Waals surface area (Å²) < 4.78 is 10.6. The van der Waals surface area contributed by atoms with Crippen LogP contribution in [0.2, 0.25) is 0 Å². The fourth-order valence-electron chi connectivity index (χ4n) is 2.75. The molecule has 23 heavy (non-hydrogen) atoms. The van der Waals surface area contributed by atoms with E-state index in [1.807, 2.05) is 24.3 Å². The fourth-order valence-corrected chi connectivity index (χ4v) is 2.75. The van der Waals surface area contributed by atoms with Crippen LogP contribution in [0.15, 0.2) is 24.3 Å². The Labute approximate surface area is 135 Å². The molecule has 1 N–H and O–H groups in total. The first kappa shape index (κ1) is 15.8. The Hall–Kier alpha value is -2.12. The van der Waals surface area contributed by atoms with Crippen LogP contribution in [-0.4, -0.2) is 69.3 Å². The van der Waals surface area contributed by atoms with Crippen LogP contribution < -0.4 is 10.2 Å². The molecule has 0 spiro atoms. The average molecular weight is 319 g/mol. The van der Waals surface area contributed by atoms with Gasteiger partial charge < -0.3 is 24.6 Å². The molecule has 0 atom stereocenters. The number of nitrogens with one attached hydrogen (secondary N) is 1. The molecular formula is C16H21N3O4. The van der Waals surface area contributed by atoms with Crippen molar-refractivity contribution in [2.45, 2.75) is 0 Å². The van der Waals surface area contributed by atoms with Gasteiger partial charge in [0.05, 0.1) is 37.8 Å². The summed E-state index contributed by atoms with van der Waals surface area (Å²) in [6, 6.07) is 7.53. The SMILES string of the molecule is O=C(Nc1ccccc1N1CCOCC1)C(=O)N1CCOCC1. The molecule has 0 saturated carbocycles. The molecule has 0 unspecified atom stereocenters. The van der Waals surface area contributed by atoms with Gasteiger partial charge in [-0.15, -0.1) is 0 Å². The second-order valence-corrected chi connectivity index (χ2v) is 5.48. The van der Waals surface area contributed by atoms with E-state index in [1.165, 1.54) is 4.90 Å². The molecule has 0 aromatic heterocycles. The van der Waals surface area contributed by atoms with Crippen LogP contribution in [0.3, 0.4) is 0 Å². The summed E-state index contributed by atoms with van der Waals surface area (Å²) in [5.41, 5.74) is 1.57. The molecule has 1 aromatic rings. The highest BCUT2D eigenvalue weighted by molar-refractivity contribution is 6.39. The number of hydrogen-bond donors (Lipinski definition) is 1. The third-order valence-electron chi connectivity index (χ3n) is 4.00. The van der Waals surface area contributed by atoms with Crippen molar-refractivity contribution >= 4 is 23.2 Å². The van der Waals surface area contributed by atoms with E-state index >= 15 is 0 Å². The van der Waals surface area contributed by atoms with Gasteiger partial charge in [0.1, 0.15) is 0 Å². The highest BCUT2D eigenvalue weighted by Gasteiger charge is 2.25. The molecule has 3 rings (SSSR count). The summed E-state index contributed by atoms with van der Waals surface area (Å²) >= 11 is 0. The number of amides is 2. The number of benzene rings is 1. The number of anilines is 2. The van der Waals surface area contributed by atoms with Gasteiger partial charge >= 0.3 is 11.8 Å². The predicted octanol–water partition coefficient (Wildman–Crippen LogP) is 0.321. The van der Waals surface area contributed by atoms with E-state index in [0.717, 1.165) is 18.8 Å². The molecule has 7 heteroatoms. The summed E-state index contributed by atoms with van der Waals surface area (Å²) in [7, 11) is 0. The largest absolute Gasteiger partial charge is 0.378 e. The quantitative estimate of drug-likeness (QED) is 0.795. The van der Waals surface area contributed by atoms with Gasteiger partial charge in [0.25, 0.3) is 0 Å². The molecule has 7 nitrogen and oxygen atoms in total. The monoisotopic (exact) mass is 319 g/mol. The maximum atomic E-state index is 12.3. The van der Waals surface area contributed by atoms with Crippen LogP contribution in [0.5, 0.6) is 0 Å². The zero-order valence-corrected chi connectivity index (χ0v) is 13.0. The van der Waals surface area contributed by atoms with Gasteiger partial charge in [-0.2, -0.15) is 0 Å². The van der Waals surface area contributed by atoms with Crippen LogP contribution in [-0.2, 0) is 19.1 Å². The number of carbonyl (C=O) groups excluding carboxylic acids is 2. The Bertz CT molecular complexity index is 566. The van der Waals surface area contributed by atoms with Crippen LogP contribution in [0, 0.1) is 0 Å². The van der Waals surface area contributed by atoms with Crippen LogP contribution in [0.4, 0.5) is 11.4 Å². The lowest BCUT2D eigenvalue weighted by Gasteiger charge is -2.31. The molecule has 2 aliphatic rings. The van der Waals surface area contributed by atoms with Crippen molar-refractivity contribution in [3.63, 3.8) is 0 Å². The molecule has 2 fully saturated rings. The summed E-state index contributed by atoms with van der Waals surface area (Å²) in [6.07, 6.45) is 0. The summed E-state index contributed by atoms with van der Waals surface area (Å²) in [5.74, 6) is -1.11. The van der Waals surface area contributed by atoms with Crippen molar-refractivity contribution in [1.29, 1.82) is 0 Å². The molecule has 0 bridgehead atoms. The summed E-state index contributed by atoms with van der Waals surface area (Å²) in [6.45, 7) is 4.72. The Morgan fingerprint density at radius 3 is 2.22 bits per heavy atom. The number of carbonyl (C=O) groups is 2. The first-order valence-corrected chi connectivity index (χ1v) is 7.85. The normalized spacial score (nSPS) is 18.6. The lowest BCUT2D eigenvalue weighted by atomic mass is 10.2. The molecule has 2 saturated heterocycles. The predicted molar refractivity (Wildman–Crippen MR) is 85.5 cm³/mol. The Balaban J connectivity index is 1.69. The minimum Gasteiger partial charge on any atom is -0.378 e. The second-order valence-electron chi connectivity index (χ2n) is 5.48. The number of hydrogen-bond acceptors (Lipinski definition) is 5. The smallest absolute Gasteiger partial charge is 0.313 e. The Morgan fingerprint density at radius 1 is 0.913 bits per heavy atom. The van der Waals surface area contributed by atoms with E-state index in [0.29, 0.717) is 45.2 Å². The van der Waals surface area contributed by atoms with Gasteiger partial charge in [0, 0.05) is 26.2 Å². The summed E-state index contributed by atoms with van der Waals surface area (Å²) in [4.78, 5) is 28.2. The van der Waals surface area contributed by atoms with Gasteiger partial charge in [-0.3, -0.25) is 9.59 Å². The van der Waals surface area contributed by atoms with Gasteiger partial charge in [0.15, 0.2) is 0 Å². The van der Waals surface area contributed by atoms with Crippen molar-refractivity contribution in [3.05, 3.63) is 24.3 Å². The number of para-hydroxylation sites is 2. The van der Waals surface area contributed by atoms with Crippen molar-refractivity contribution in [3.8, 4) is 0 Å². The summed E-state index contributed by atoms with van der Waals surface area (Å²) in [5, 5.41) is 2.75. The van der Waals surface area contributed by atoms with E-state index in [2.05, 4.69) is 10.2 Å². The van der Waals surface area contributed by atoms with Gasteiger partial charge in [0.2, 0.25) is 0 Å². The van der Waals surface area contributed by atoms with Crippen LogP contribution in [0.25, 0.3) is 0 Å². The maximum absolute atomic E-state index is 12.3. The van der Waals surface area contributed by atoms with E-state index in [-0.39, 0.29) is 0 Å².